The van der Waals surface area contributed by atoms with Gasteiger partial charge in [0.25, 0.3) is 0 Å². The number of likely N-dealkylation sites (tertiary alicyclic amines) is 1. The topological polar surface area (TPSA) is 35.5 Å². The molecule has 3 nitrogen and oxygen atoms in total. The van der Waals surface area contributed by atoms with E-state index in [-0.39, 0.29) is 6.10 Å². The Morgan fingerprint density at radius 2 is 1.94 bits per heavy atom. The lowest BCUT2D eigenvalue weighted by Gasteiger charge is -2.39. The van der Waals surface area contributed by atoms with E-state index in [0.29, 0.717) is 18.1 Å². The second kappa shape index (κ2) is 5.48. The summed E-state index contributed by atoms with van der Waals surface area (Å²) in [6, 6.07) is 1.64. The van der Waals surface area contributed by atoms with E-state index >= 15 is 0 Å². The summed E-state index contributed by atoms with van der Waals surface area (Å²) in [5.74, 6) is 0. The predicted molar refractivity (Wildman–Crippen MR) is 66.5 cm³/mol. The van der Waals surface area contributed by atoms with Gasteiger partial charge in [-0.05, 0) is 46.2 Å². The van der Waals surface area contributed by atoms with Crippen molar-refractivity contribution in [1.82, 2.24) is 10.2 Å². The van der Waals surface area contributed by atoms with Crippen molar-refractivity contribution in [1.29, 1.82) is 0 Å². The van der Waals surface area contributed by atoms with Gasteiger partial charge in [0.2, 0.25) is 0 Å². The molecule has 94 valence electrons. The van der Waals surface area contributed by atoms with Crippen molar-refractivity contribution >= 4 is 0 Å². The highest BCUT2D eigenvalue weighted by Gasteiger charge is 2.28. The molecule has 0 aromatic carbocycles. The van der Waals surface area contributed by atoms with E-state index in [9.17, 15) is 5.11 Å². The highest BCUT2D eigenvalue weighted by atomic mass is 16.3. The van der Waals surface area contributed by atoms with Crippen molar-refractivity contribution in [2.24, 2.45) is 0 Å². The molecule has 16 heavy (non-hydrogen) atoms. The van der Waals surface area contributed by atoms with E-state index in [2.05, 4.69) is 24.2 Å². The highest BCUT2D eigenvalue weighted by Crippen LogP contribution is 2.22. The Kier molecular flexibility index (Phi) is 4.22. The second-order valence-electron chi connectivity index (χ2n) is 5.68. The zero-order valence-electron chi connectivity index (χ0n) is 10.7. The van der Waals surface area contributed by atoms with Gasteiger partial charge in [0.15, 0.2) is 0 Å². The first-order valence-corrected chi connectivity index (χ1v) is 6.81. The number of aliphatic hydroxyl groups is 1. The standard InChI is InChI=1S/C13H26N2O/c1-10-9-11(7-8-15(10)2)14-12-5-3-4-6-13(12)16/h10-14,16H,3-9H2,1-2H3. The zero-order valence-corrected chi connectivity index (χ0v) is 10.7. The maximum Gasteiger partial charge on any atom is 0.0693 e. The molecule has 2 fully saturated rings. The van der Waals surface area contributed by atoms with Gasteiger partial charge in [-0.2, -0.15) is 0 Å². The van der Waals surface area contributed by atoms with Crippen LogP contribution in [0, 0.1) is 0 Å². The summed E-state index contributed by atoms with van der Waals surface area (Å²) in [4.78, 5) is 2.43. The van der Waals surface area contributed by atoms with Gasteiger partial charge in [0.1, 0.15) is 0 Å². The Hall–Kier alpha value is -0.120. The van der Waals surface area contributed by atoms with Crippen LogP contribution in [0.25, 0.3) is 0 Å². The van der Waals surface area contributed by atoms with Gasteiger partial charge < -0.3 is 15.3 Å². The van der Waals surface area contributed by atoms with Gasteiger partial charge in [0, 0.05) is 18.1 Å². The molecule has 0 radical (unpaired) electrons. The lowest BCUT2D eigenvalue weighted by Crippen LogP contribution is -2.52. The highest BCUT2D eigenvalue weighted by molar-refractivity contribution is 4.87. The summed E-state index contributed by atoms with van der Waals surface area (Å²) in [5.41, 5.74) is 0. The third kappa shape index (κ3) is 2.96. The summed E-state index contributed by atoms with van der Waals surface area (Å²) in [6.07, 6.45) is 6.95. The van der Waals surface area contributed by atoms with Crippen molar-refractivity contribution in [3.8, 4) is 0 Å². The van der Waals surface area contributed by atoms with Crippen LogP contribution in [0.2, 0.25) is 0 Å². The van der Waals surface area contributed by atoms with Crippen LogP contribution in [-0.4, -0.2) is 47.8 Å². The molecule has 2 aliphatic rings. The molecule has 0 amide bonds. The Bertz CT molecular complexity index is 222. The van der Waals surface area contributed by atoms with Gasteiger partial charge in [-0.1, -0.05) is 12.8 Å². The number of nitrogens with zero attached hydrogens (tertiary/aromatic N) is 1. The molecular weight excluding hydrogens is 200 g/mol. The van der Waals surface area contributed by atoms with Crippen molar-refractivity contribution in [3.63, 3.8) is 0 Å². The minimum atomic E-state index is -0.108. The fourth-order valence-electron chi connectivity index (χ4n) is 3.05. The van der Waals surface area contributed by atoms with E-state index in [4.69, 9.17) is 0 Å². The third-order valence-electron chi connectivity index (χ3n) is 4.39. The number of rotatable bonds is 2. The van der Waals surface area contributed by atoms with E-state index in [1.165, 1.54) is 32.2 Å². The van der Waals surface area contributed by atoms with Gasteiger partial charge >= 0.3 is 0 Å². The number of aliphatic hydroxyl groups excluding tert-OH is 1. The minimum Gasteiger partial charge on any atom is -0.392 e. The molecule has 4 unspecified atom stereocenters. The van der Waals surface area contributed by atoms with Crippen LogP contribution in [0.4, 0.5) is 0 Å². The quantitative estimate of drug-likeness (QED) is 0.746. The average molecular weight is 226 g/mol. The summed E-state index contributed by atoms with van der Waals surface area (Å²) in [6.45, 7) is 3.48. The second-order valence-corrected chi connectivity index (χ2v) is 5.68. The van der Waals surface area contributed by atoms with Crippen LogP contribution in [0.1, 0.15) is 45.4 Å². The lowest BCUT2D eigenvalue weighted by atomic mass is 9.90. The number of nitrogens with one attached hydrogen (secondary N) is 1. The lowest BCUT2D eigenvalue weighted by molar-refractivity contribution is 0.0724. The Morgan fingerprint density at radius 1 is 1.19 bits per heavy atom. The molecule has 1 saturated heterocycles. The number of hydrogen-bond acceptors (Lipinski definition) is 3. The Labute approximate surface area is 99.2 Å². The predicted octanol–water partition coefficient (Wildman–Crippen LogP) is 1.36. The normalized spacial score (nSPS) is 42.2. The van der Waals surface area contributed by atoms with Gasteiger partial charge in [-0.3, -0.25) is 0 Å². The van der Waals surface area contributed by atoms with Gasteiger partial charge in [0.05, 0.1) is 6.10 Å². The monoisotopic (exact) mass is 226 g/mol. The van der Waals surface area contributed by atoms with Crippen LogP contribution in [0.3, 0.4) is 0 Å². The van der Waals surface area contributed by atoms with Crippen molar-refractivity contribution in [2.45, 2.75) is 69.7 Å². The van der Waals surface area contributed by atoms with E-state index < -0.39 is 0 Å². The first-order valence-electron chi connectivity index (χ1n) is 6.81. The van der Waals surface area contributed by atoms with E-state index in [1.54, 1.807) is 0 Å². The molecule has 2 rings (SSSR count). The van der Waals surface area contributed by atoms with Crippen molar-refractivity contribution < 1.29 is 5.11 Å². The van der Waals surface area contributed by atoms with Gasteiger partial charge in [-0.25, -0.2) is 0 Å². The van der Waals surface area contributed by atoms with Crippen LogP contribution in [0.5, 0.6) is 0 Å². The molecule has 1 aliphatic heterocycles. The molecule has 2 N–H and O–H groups in total. The van der Waals surface area contributed by atoms with Crippen LogP contribution in [0.15, 0.2) is 0 Å². The van der Waals surface area contributed by atoms with Crippen molar-refractivity contribution in [2.75, 3.05) is 13.6 Å². The van der Waals surface area contributed by atoms with Gasteiger partial charge in [-0.15, -0.1) is 0 Å². The van der Waals surface area contributed by atoms with Crippen LogP contribution < -0.4 is 5.32 Å². The zero-order chi connectivity index (χ0) is 11.5. The molecule has 1 heterocycles. The molecule has 0 spiro atoms. The molecule has 0 bridgehead atoms. The van der Waals surface area contributed by atoms with Crippen LogP contribution in [-0.2, 0) is 0 Å². The average Bonchev–Trinajstić information content (AvgIpc) is 2.27. The smallest absolute Gasteiger partial charge is 0.0693 e. The fraction of sp³-hybridized carbons (Fsp3) is 1.00. The fourth-order valence-corrected chi connectivity index (χ4v) is 3.05. The summed E-state index contributed by atoms with van der Waals surface area (Å²) >= 11 is 0. The molecule has 0 aromatic heterocycles. The Morgan fingerprint density at radius 3 is 2.62 bits per heavy atom. The molecular formula is C13H26N2O. The molecule has 4 atom stereocenters. The Balaban J connectivity index is 1.80. The van der Waals surface area contributed by atoms with Crippen molar-refractivity contribution in [3.05, 3.63) is 0 Å². The molecule has 1 saturated carbocycles. The third-order valence-corrected chi connectivity index (χ3v) is 4.39. The largest absolute Gasteiger partial charge is 0.392 e. The molecule has 1 aliphatic carbocycles. The molecule has 0 aromatic rings. The van der Waals surface area contributed by atoms with E-state index in [1.807, 2.05) is 0 Å². The maximum atomic E-state index is 9.94. The molecule has 3 heteroatoms. The number of hydrogen-bond donors (Lipinski definition) is 2. The first kappa shape index (κ1) is 12.3. The number of piperidine rings is 1. The summed E-state index contributed by atoms with van der Waals surface area (Å²) < 4.78 is 0. The van der Waals surface area contributed by atoms with Crippen LogP contribution >= 0.6 is 0 Å². The summed E-state index contributed by atoms with van der Waals surface area (Å²) in [7, 11) is 2.20. The summed E-state index contributed by atoms with van der Waals surface area (Å²) in [5, 5.41) is 13.6. The first-order chi connectivity index (χ1) is 7.66. The van der Waals surface area contributed by atoms with E-state index in [0.717, 1.165) is 12.8 Å². The SMILES string of the molecule is CC1CC(NC2CCCCC2O)CCN1C. The maximum absolute atomic E-state index is 9.94. The minimum absolute atomic E-state index is 0.108.